The van der Waals surface area contributed by atoms with Crippen LogP contribution in [0, 0.1) is 0 Å². The van der Waals surface area contributed by atoms with Gasteiger partial charge in [0.05, 0.1) is 5.54 Å². The minimum Gasteiger partial charge on any atom is -0.406 e. The highest BCUT2D eigenvalue weighted by Crippen LogP contribution is 2.27. The fourth-order valence-electron chi connectivity index (χ4n) is 2.80. The lowest BCUT2D eigenvalue weighted by Crippen LogP contribution is -2.41. The van der Waals surface area contributed by atoms with Crippen molar-refractivity contribution in [1.82, 2.24) is 15.3 Å². The number of carbonyl (C=O) groups is 1. The monoisotopic (exact) mass is 417 g/mol. The van der Waals surface area contributed by atoms with Crippen molar-refractivity contribution in [3.05, 3.63) is 82.3 Å². The van der Waals surface area contributed by atoms with E-state index >= 15 is 0 Å². The zero-order valence-electron chi connectivity index (χ0n) is 16.1. The lowest BCUT2D eigenvalue weighted by atomic mass is 9.94. The summed E-state index contributed by atoms with van der Waals surface area (Å²) in [4.78, 5) is 31.5. The quantitative estimate of drug-likeness (QED) is 0.657. The third-order valence-corrected chi connectivity index (χ3v) is 4.26. The molecule has 6 nitrogen and oxygen atoms in total. The number of hydrogen-bond acceptors (Lipinski definition) is 4. The van der Waals surface area contributed by atoms with Crippen LogP contribution in [0.4, 0.5) is 13.2 Å². The number of ether oxygens (including phenoxy) is 1. The van der Waals surface area contributed by atoms with Gasteiger partial charge in [-0.2, -0.15) is 0 Å². The summed E-state index contributed by atoms with van der Waals surface area (Å²) in [7, 11) is 0. The van der Waals surface area contributed by atoms with Gasteiger partial charge in [-0.15, -0.1) is 13.2 Å². The van der Waals surface area contributed by atoms with Crippen LogP contribution < -0.4 is 15.6 Å². The van der Waals surface area contributed by atoms with Gasteiger partial charge in [-0.3, -0.25) is 9.59 Å². The van der Waals surface area contributed by atoms with E-state index in [0.29, 0.717) is 11.1 Å². The van der Waals surface area contributed by atoms with Gasteiger partial charge in [0.15, 0.2) is 0 Å². The second-order valence-electron chi connectivity index (χ2n) is 7.00. The van der Waals surface area contributed by atoms with Gasteiger partial charge in [0, 0.05) is 11.6 Å². The number of carbonyl (C=O) groups excluding carboxylic acids is 1. The zero-order chi connectivity index (χ0) is 21.9. The summed E-state index contributed by atoms with van der Waals surface area (Å²) in [6, 6.07) is 15.1. The third kappa shape index (κ3) is 5.25. The van der Waals surface area contributed by atoms with Gasteiger partial charge in [0.2, 0.25) is 0 Å². The molecule has 0 bridgehead atoms. The van der Waals surface area contributed by atoms with Crippen LogP contribution in [-0.2, 0) is 5.54 Å². The Bertz CT molecular complexity index is 1090. The smallest absolute Gasteiger partial charge is 0.406 e. The summed E-state index contributed by atoms with van der Waals surface area (Å²) in [6.45, 7) is 3.35. The molecule has 0 fully saturated rings. The van der Waals surface area contributed by atoms with Crippen molar-refractivity contribution in [3.8, 4) is 17.1 Å². The first-order chi connectivity index (χ1) is 14.0. The van der Waals surface area contributed by atoms with Gasteiger partial charge in [0.1, 0.15) is 17.3 Å². The average Bonchev–Trinajstić information content (AvgIpc) is 2.67. The second-order valence-corrected chi connectivity index (χ2v) is 7.00. The predicted octanol–water partition coefficient (Wildman–Crippen LogP) is 4.00. The van der Waals surface area contributed by atoms with E-state index in [4.69, 9.17) is 0 Å². The Kier molecular flexibility index (Phi) is 5.64. The Morgan fingerprint density at radius 1 is 1.03 bits per heavy atom. The van der Waals surface area contributed by atoms with E-state index in [9.17, 15) is 22.8 Å². The maximum absolute atomic E-state index is 12.7. The molecule has 0 saturated heterocycles. The SMILES string of the molecule is CC(C)(NC(=O)c1cc(=O)[nH]c(-c2ccccc2)n1)c1ccc(OC(F)(F)F)cc1. The lowest BCUT2D eigenvalue weighted by molar-refractivity contribution is -0.274. The zero-order valence-corrected chi connectivity index (χ0v) is 16.1. The van der Waals surface area contributed by atoms with Crippen LogP contribution in [0.1, 0.15) is 29.9 Å². The third-order valence-electron chi connectivity index (χ3n) is 4.26. The van der Waals surface area contributed by atoms with Crippen molar-refractivity contribution in [2.75, 3.05) is 0 Å². The highest BCUT2D eigenvalue weighted by molar-refractivity contribution is 5.93. The summed E-state index contributed by atoms with van der Waals surface area (Å²) in [5, 5.41) is 2.75. The van der Waals surface area contributed by atoms with Gasteiger partial charge in [-0.25, -0.2) is 4.98 Å². The maximum Gasteiger partial charge on any atom is 0.573 e. The molecule has 3 aromatic rings. The van der Waals surface area contributed by atoms with E-state index in [2.05, 4.69) is 20.0 Å². The van der Waals surface area contributed by atoms with Crippen molar-refractivity contribution in [1.29, 1.82) is 0 Å². The molecular weight excluding hydrogens is 399 g/mol. The molecule has 1 amide bonds. The molecule has 0 radical (unpaired) electrons. The average molecular weight is 417 g/mol. The molecular formula is C21H18F3N3O3. The first-order valence-corrected chi connectivity index (χ1v) is 8.89. The van der Waals surface area contributed by atoms with Crippen LogP contribution in [-0.4, -0.2) is 22.2 Å². The fourth-order valence-corrected chi connectivity index (χ4v) is 2.80. The number of hydrogen-bond donors (Lipinski definition) is 2. The van der Waals surface area contributed by atoms with Crippen LogP contribution in [0.15, 0.2) is 65.5 Å². The van der Waals surface area contributed by atoms with Crippen molar-refractivity contribution in [3.63, 3.8) is 0 Å². The van der Waals surface area contributed by atoms with Crippen molar-refractivity contribution < 1.29 is 22.7 Å². The summed E-state index contributed by atoms with van der Waals surface area (Å²) in [5.74, 6) is -0.712. The van der Waals surface area contributed by atoms with Gasteiger partial charge >= 0.3 is 6.36 Å². The number of halogens is 3. The van der Waals surface area contributed by atoms with Gasteiger partial charge in [-0.05, 0) is 31.5 Å². The second kappa shape index (κ2) is 8.02. The minimum atomic E-state index is -4.78. The van der Waals surface area contributed by atoms with E-state index in [-0.39, 0.29) is 17.3 Å². The number of aromatic amines is 1. The van der Waals surface area contributed by atoms with Gasteiger partial charge in [-0.1, -0.05) is 42.5 Å². The molecule has 0 saturated carbocycles. The van der Waals surface area contributed by atoms with E-state index in [1.165, 1.54) is 12.1 Å². The van der Waals surface area contributed by atoms with Crippen LogP contribution in [0.3, 0.4) is 0 Å². The Morgan fingerprint density at radius 2 is 1.67 bits per heavy atom. The van der Waals surface area contributed by atoms with Crippen molar-refractivity contribution in [2.24, 2.45) is 0 Å². The molecule has 0 spiro atoms. The first-order valence-electron chi connectivity index (χ1n) is 8.89. The number of benzene rings is 2. The molecule has 1 heterocycles. The van der Waals surface area contributed by atoms with Gasteiger partial charge in [0.25, 0.3) is 11.5 Å². The van der Waals surface area contributed by atoms with Crippen LogP contribution in [0.2, 0.25) is 0 Å². The number of aromatic nitrogens is 2. The van der Waals surface area contributed by atoms with Gasteiger partial charge < -0.3 is 15.0 Å². The minimum absolute atomic E-state index is 0.0808. The molecule has 0 unspecified atom stereocenters. The van der Waals surface area contributed by atoms with E-state index in [0.717, 1.165) is 18.2 Å². The molecule has 2 aromatic carbocycles. The summed E-state index contributed by atoms with van der Waals surface area (Å²) in [6.07, 6.45) is -4.78. The summed E-state index contributed by atoms with van der Waals surface area (Å²) >= 11 is 0. The lowest BCUT2D eigenvalue weighted by Gasteiger charge is -2.27. The highest BCUT2D eigenvalue weighted by Gasteiger charge is 2.31. The molecule has 156 valence electrons. The molecule has 9 heteroatoms. The predicted molar refractivity (Wildman–Crippen MR) is 104 cm³/mol. The van der Waals surface area contributed by atoms with E-state index in [1.54, 1.807) is 38.1 Å². The molecule has 30 heavy (non-hydrogen) atoms. The van der Waals surface area contributed by atoms with Crippen LogP contribution >= 0.6 is 0 Å². The normalized spacial score (nSPS) is 11.8. The Balaban J connectivity index is 1.81. The molecule has 3 rings (SSSR count). The van der Waals surface area contributed by atoms with Crippen molar-refractivity contribution in [2.45, 2.75) is 25.7 Å². The molecule has 0 atom stereocenters. The molecule has 0 aliphatic rings. The number of nitrogens with zero attached hydrogens (tertiary/aromatic N) is 1. The number of alkyl halides is 3. The Hall–Kier alpha value is -3.62. The van der Waals surface area contributed by atoms with Crippen molar-refractivity contribution >= 4 is 5.91 Å². The fraction of sp³-hybridized carbons (Fsp3) is 0.190. The number of nitrogens with one attached hydrogen (secondary N) is 2. The molecule has 0 aliphatic carbocycles. The number of rotatable bonds is 5. The Morgan fingerprint density at radius 3 is 2.27 bits per heavy atom. The van der Waals surface area contributed by atoms with Crippen LogP contribution in [0.5, 0.6) is 5.75 Å². The summed E-state index contributed by atoms with van der Waals surface area (Å²) < 4.78 is 40.8. The first kappa shape index (κ1) is 21.1. The van der Waals surface area contributed by atoms with E-state index < -0.39 is 23.4 Å². The number of amides is 1. The van der Waals surface area contributed by atoms with Crippen LogP contribution in [0.25, 0.3) is 11.4 Å². The Labute approximate surface area is 169 Å². The molecule has 0 aliphatic heterocycles. The number of H-pyrrole nitrogens is 1. The topological polar surface area (TPSA) is 84.1 Å². The largest absolute Gasteiger partial charge is 0.573 e. The molecule has 2 N–H and O–H groups in total. The maximum atomic E-state index is 12.7. The molecule has 1 aromatic heterocycles. The highest BCUT2D eigenvalue weighted by atomic mass is 19.4. The van der Waals surface area contributed by atoms with E-state index in [1.807, 2.05) is 6.07 Å². The summed E-state index contributed by atoms with van der Waals surface area (Å²) in [5.41, 5.74) is -0.337. The standard InChI is InChI=1S/C21H18F3N3O3/c1-20(2,14-8-10-15(11-9-14)30-21(22,23)24)27-19(29)16-12-17(28)26-18(25-16)13-6-4-3-5-7-13/h3-12H,1-2H3,(H,27,29)(H,25,26,28).